The summed E-state index contributed by atoms with van der Waals surface area (Å²) in [6.45, 7) is 1.77. The van der Waals surface area contributed by atoms with Crippen LogP contribution < -0.4 is 0 Å². The standard InChI is InChI=1S/C12H9F2N/c1-8-7-15-6-5-9(8)12-10(13)3-2-4-11(12)14/h2-7H,1H3. The van der Waals surface area contributed by atoms with Gasteiger partial charge in [-0.2, -0.15) is 0 Å². The molecule has 3 heteroatoms. The number of aryl methyl sites for hydroxylation is 1. The van der Waals surface area contributed by atoms with E-state index in [1.165, 1.54) is 24.4 Å². The lowest BCUT2D eigenvalue weighted by molar-refractivity contribution is 0.589. The largest absolute Gasteiger partial charge is 0.264 e. The lowest BCUT2D eigenvalue weighted by atomic mass is 10.0. The van der Waals surface area contributed by atoms with Gasteiger partial charge in [0.25, 0.3) is 0 Å². The SMILES string of the molecule is Cc1cnccc1-c1c(F)cccc1F. The van der Waals surface area contributed by atoms with Crippen molar-refractivity contribution in [1.82, 2.24) is 4.98 Å². The molecule has 2 rings (SSSR count). The maximum Gasteiger partial charge on any atom is 0.133 e. The number of hydrogen-bond donors (Lipinski definition) is 0. The van der Waals surface area contributed by atoms with Crippen LogP contribution in [-0.2, 0) is 0 Å². The topological polar surface area (TPSA) is 12.9 Å². The summed E-state index contributed by atoms with van der Waals surface area (Å²) >= 11 is 0. The molecule has 0 amide bonds. The number of halogens is 2. The van der Waals surface area contributed by atoms with Gasteiger partial charge in [0, 0.05) is 12.4 Å². The van der Waals surface area contributed by atoms with Gasteiger partial charge in [0.2, 0.25) is 0 Å². The van der Waals surface area contributed by atoms with Crippen LogP contribution in [-0.4, -0.2) is 4.98 Å². The number of benzene rings is 1. The van der Waals surface area contributed by atoms with Gasteiger partial charge < -0.3 is 0 Å². The van der Waals surface area contributed by atoms with Crippen molar-refractivity contribution in [3.05, 3.63) is 53.9 Å². The first-order chi connectivity index (χ1) is 7.20. The molecule has 0 aliphatic heterocycles. The van der Waals surface area contributed by atoms with Crippen molar-refractivity contribution in [2.24, 2.45) is 0 Å². The second-order valence-electron chi connectivity index (χ2n) is 3.29. The van der Waals surface area contributed by atoms with E-state index >= 15 is 0 Å². The number of hydrogen-bond acceptors (Lipinski definition) is 1. The van der Waals surface area contributed by atoms with Crippen LogP contribution in [0.4, 0.5) is 8.78 Å². The van der Waals surface area contributed by atoms with Crippen molar-refractivity contribution in [1.29, 1.82) is 0 Å². The highest BCUT2D eigenvalue weighted by molar-refractivity contribution is 5.67. The minimum Gasteiger partial charge on any atom is -0.264 e. The Balaban J connectivity index is 2.69. The zero-order valence-electron chi connectivity index (χ0n) is 8.17. The van der Waals surface area contributed by atoms with Gasteiger partial charge in [0.15, 0.2) is 0 Å². The van der Waals surface area contributed by atoms with Gasteiger partial charge in [-0.05, 0) is 36.2 Å². The highest BCUT2D eigenvalue weighted by Gasteiger charge is 2.12. The van der Waals surface area contributed by atoms with E-state index in [0.29, 0.717) is 5.56 Å². The Bertz CT molecular complexity index is 474. The molecule has 0 aliphatic carbocycles. The van der Waals surface area contributed by atoms with E-state index < -0.39 is 11.6 Å². The van der Waals surface area contributed by atoms with E-state index in [1.807, 2.05) is 0 Å². The second kappa shape index (κ2) is 3.77. The lowest BCUT2D eigenvalue weighted by Gasteiger charge is -2.07. The number of nitrogens with zero attached hydrogens (tertiary/aromatic N) is 1. The number of pyridine rings is 1. The average molecular weight is 205 g/mol. The summed E-state index contributed by atoms with van der Waals surface area (Å²) in [5.74, 6) is -1.10. The van der Waals surface area contributed by atoms with Crippen LogP contribution in [0.2, 0.25) is 0 Å². The zero-order chi connectivity index (χ0) is 10.8. The maximum absolute atomic E-state index is 13.5. The monoisotopic (exact) mass is 205 g/mol. The zero-order valence-corrected chi connectivity index (χ0v) is 8.17. The Morgan fingerprint density at radius 2 is 1.73 bits per heavy atom. The molecule has 1 aromatic heterocycles. The molecule has 0 N–H and O–H groups in total. The number of aromatic nitrogens is 1. The highest BCUT2D eigenvalue weighted by atomic mass is 19.1. The Morgan fingerprint density at radius 3 is 2.33 bits per heavy atom. The second-order valence-corrected chi connectivity index (χ2v) is 3.29. The van der Waals surface area contributed by atoms with E-state index in [9.17, 15) is 8.78 Å². The molecule has 76 valence electrons. The van der Waals surface area contributed by atoms with Crippen LogP contribution in [0.15, 0.2) is 36.7 Å². The molecular weight excluding hydrogens is 196 g/mol. The molecule has 0 bridgehead atoms. The molecule has 2 aromatic rings. The van der Waals surface area contributed by atoms with Crippen LogP contribution >= 0.6 is 0 Å². The predicted molar refractivity (Wildman–Crippen MR) is 54.3 cm³/mol. The predicted octanol–water partition coefficient (Wildman–Crippen LogP) is 3.34. The first kappa shape index (κ1) is 9.77. The van der Waals surface area contributed by atoms with Crippen molar-refractivity contribution >= 4 is 0 Å². The molecule has 1 heterocycles. The van der Waals surface area contributed by atoms with Gasteiger partial charge in [-0.15, -0.1) is 0 Å². The van der Waals surface area contributed by atoms with Gasteiger partial charge in [-0.3, -0.25) is 4.98 Å². The van der Waals surface area contributed by atoms with Crippen molar-refractivity contribution < 1.29 is 8.78 Å². The summed E-state index contributed by atoms with van der Waals surface area (Å²) in [6, 6.07) is 5.46. The van der Waals surface area contributed by atoms with Gasteiger partial charge >= 0.3 is 0 Å². The molecule has 15 heavy (non-hydrogen) atoms. The first-order valence-corrected chi connectivity index (χ1v) is 4.55. The van der Waals surface area contributed by atoms with Gasteiger partial charge in [-0.1, -0.05) is 6.07 Å². The third-order valence-electron chi connectivity index (χ3n) is 2.25. The Kier molecular flexibility index (Phi) is 2.46. The number of rotatable bonds is 1. The van der Waals surface area contributed by atoms with E-state index in [0.717, 1.165) is 5.56 Å². The van der Waals surface area contributed by atoms with Crippen LogP contribution in [0.1, 0.15) is 5.56 Å². The van der Waals surface area contributed by atoms with E-state index in [1.54, 1.807) is 19.2 Å². The summed E-state index contributed by atoms with van der Waals surface area (Å²) in [5, 5.41) is 0. The van der Waals surface area contributed by atoms with Gasteiger partial charge in [0.1, 0.15) is 11.6 Å². The fraction of sp³-hybridized carbons (Fsp3) is 0.0833. The lowest BCUT2D eigenvalue weighted by Crippen LogP contribution is -1.92. The molecule has 1 nitrogen and oxygen atoms in total. The Hall–Kier alpha value is -1.77. The molecule has 0 saturated carbocycles. The molecule has 0 spiro atoms. The third kappa shape index (κ3) is 1.73. The summed E-state index contributed by atoms with van der Waals surface area (Å²) in [6.07, 6.45) is 3.11. The minimum atomic E-state index is -0.552. The summed E-state index contributed by atoms with van der Waals surface area (Å²) in [5.41, 5.74) is 1.31. The Morgan fingerprint density at radius 1 is 1.07 bits per heavy atom. The third-order valence-corrected chi connectivity index (χ3v) is 2.25. The fourth-order valence-electron chi connectivity index (χ4n) is 1.51. The van der Waals surface area contributed by atoms with Crippen molar-refractivity contribution in [2.45, 2.75) is 6.92 Å². The minimum absolute atomic E-state index is 0.0115. The van der Waals surface area contributed by atoms with E-state index in [4.69, 9.17) is 0 Å². The van der Waals surface area contributed by atoms with Crippen LogP contribution in [0, 0.1) is 18.6 Å². The smallest absolute Gasteiger partial charge is 0.133 e. The quantitative estimate of drug-likeness (QED) is 0.695. The fourth-order valence-corrected chi connectivity index (χ4v) is 1.51. The van der Waals surface area contributed by atoms with Crippen molar-refractivity contribution in [3.8, 4) is 11.1 Å². The molecule has 0 unspecified atom stereocenters. The molecule has 0 radical (unpaired) electrons. The van der Waals surface area contributed by atoms with Gasteiger partial charge in [0.05, 0.1) is 5.56 Å². The van der Waals surface area contributed by atoms with Crippen molar-refractivity contribution in [2.75, 3.05) is 0 Å². The molecule has 0 aliphatic rings. The molecular formula is C12H9F2N. The molecule has 0 fully saturated rings. The normalized spacial score (nSPS) is 10.3. The maximum atomic E-state index is 13.5. The molecule has 0 atom stereocenters. The van der Waals surface area contributed by atoms with Crippen LogP contribution in [0.5, 0.6) is 0 Å². The highest BCUT2D eigenvalue weighted by Crippen LogP contribution is 2.27. The van der Waals surface area contributed by atoms with Crippen molar-refractivity contribution in [3.63, 3.8) is 0 Å². The summed E-state index contributed by atoms with van der Waals surface area (Å²) in [4.78, 5) is 3.88. The summed E-state index contributed by atoms with van der Waals surface area (Å²) in [7, 11) is 0. The average Bonchev–Trinajstić information content (AvgIpc) is 2.20. The van der Waals surface area contributed by atoms with Gasteiger partial charge in [-0.25, -0.2) is 8.78 Å². The van der Waals surface area contributed by atoms with E-state index in [2.05, 4.69) is 4.98 Å². The van der Waals surface area contributed by atoms with Crippen LogP contribution in [0.3, 0.4) is 0 Å². The van der Waals surface area contributed by atoms with E-state index in [-0.39, 0.29) is 5.56 Å². The summed E-state index contributed by atoms with van der Waals surface area (Å²) < 4.78 is 26.9. The first-order valence-electron chi connectivity index (χ1n) is 4.55. The van der Waals surface area contributed by atoms with Crippen LogP contribution in [0.25, 0.3) is 11.1 Å². The molecule has 1 aromatic carbocycles. The molecule has 0 saturated heterocycles. The Labute approximate surface area is 86.4 Å².